The topological polar surface area (TPSA) is 225 Å². The second-order valence-electron chi connectivity index (χ2n) is 32.0. The van der Waals surface area contributed by atoms with E-state index in [2.05, 4.69) is 301 Å². The van der Waals surface area contributed by atoms with Gasteiger partial charge in [0.2, 0.25) is 0 Å². The summed E-state index contributed by atoms with van der Waals surface area (Å²) in [5.74, 6) is -0.250. The molecule has 0 aliphatic carbocycles. The van der Waals surface area contributed by atoms with Gasteiger partial charge in [0.15, 0.2) is 23.1 Å². The maximum absolute atomic E-state index is 10.0. The fraction of sp³-hybridized carbons (Fsp3) is 0.183. The first-order chi connectivity index (χ1) is 61.1. The number of aromatic nitrogens is 4. The van der Waals surface area contributed by atoms with Crippen molar-refractivity contribution in [2.45, 2.75) is 145 Å². The van der Waals surface area contributed by atoms with Crippen LogP contribution in [0.5, 0.6) is 0 Å². The SMILES string of the molecule is CC(=O)C=C(C)O.CC(=O)C=C(C)O.CC(=O)C=C(C)O.CC(=O)C=C(C)O.Cc1[c-]c(-c2ccc3c(C)cc(C)cc3n2)cc(C)c1.Cc1[c-]c(-c2ccc3cc(C)ccc3n2)cc(C)c1.Cc1[c-]c(-c2ccc3ccc(C)cc3n2)cc(C)c1.Cc1[c-]c(-c2nccc3cc(C)ccc23)cc(C)c1.[CH2-]c1ccccc1C=Nc1ccccc1N=Cc1ccccc1[CH2-].[Ir].[Ir].[Ir].[Ir].[Pt+2]. The van der Waals surface area contributed by atoms with Gasteiger partial charge in [-0.15, -0.1) is 175 Å². The Morgan fingerprint density at radius 1 is 0.313 bits per heavy atom. The number of carbonyl (C=O) groups is 4. The van der Waals surface area contributed by atoms with Crippen LogP contribution in [0.25, 0.3) is 88.5 Å². The zero-order chi connectivity index (χ0) is 94.7. The van der Waals surface area contributed by atoms with Crippen LogP contribution in [0.4, 0.5) is 11.4 Å². The third-order valence-electron chi connectivity index (χ3n) is 18.8. The van der Waals surface area contributed by atoms with Crippen LogP contribution in [-0.2, 0) is 121 Å². The number of carbonyl (C=O) groups excluding carboxylic acids is 4. The summed E-state index contributed by atoms with van der Waals surface area (Å²) in [5.41, 5.74) is 32.9. The van der Waals surface area contributed by atoms with Crippen molar-refractivity contribution in [2.75, 3.05) is 0 Å². The van der Waals surface area contributed by atoms with Crippen LogP contribution in [0.15, 0.2) is 294 Å². The Balaban J connectivity index is 0.000000525. The standard InChI is InChI=1S/C22H18N2.C19H18N.3C18H16N.4C5H8O2.4Ir.Pt/c1-17-9-3-5-11-19(17)15-23-21-13-7-8-14-22(21)24-16-20-12-6-4-10-18(20)2;1-12-7-13(2)10-16(9-12)18-6-5-17-15(4)8-14(3)11-19(17)20-18;1-12-4-6-17-15(9-12)5-7-18(19-17)16-10-13(2)8-14(3)11-16;1-12-4-5-15-6-7-17(19-18(15)11-12)16-9-13(2)8-14(3)10-16;1-12-4-5-17-15(9-12)6-7-19-18(17)16-10-13(2)8-14(3)11-16;4*1-4(6)3-5(2)7;;;;;/h3-16H,1-2H2;5-9,11H,1-4H3;4-10H,1-3H3;4-9,11H,1-3H3;4-10H,1-3H3;4*3,6H,1-2H3;;;;;/q-2;4*-1;;;;;;;;;+2. The smallest absolute Gasteiger partial charge is 0.512 e. The monoisotopic (exact) mass is 2680 g/mol. The average Bonchev–Trinajstić information content (AvgIpc) is 0.821. The Morgan fingerprint density at radius 3 is 1.04 bits per heavy atom. The van der Waals surface area contributed by atoms with Gasteiger partial charge in [-0.2, -0.15) is 37.1 Å². The quantitative estimate of drug-likeness (QED) is 0.0388. The minimum atomic E-state index is -0.125. The number of aryl methyl sites for hydroxylation is 13. The van der Waals surface area contributed by atoms with Gasteiger partial charge in [0.1, 0.15) is 0 Å². The summed E-state index contributed by atoms with van der Waals surface area (Å²) in [4.78, 5) is 68.1. The van der Waals surface area contributed by atoms with Crippen molar-refractivity contribution in [3.63, 3.8) is 0 Å². The van der Waals surface area contributed by atoms with Crippen LogP contribution in [-0.4, -0.2) is 75.9 Å². The molecule has 704 valence electrons. The molecule has 134 heavy (non-hydrogen) atoms. The van der Waals surface area contributed by atoms with Crippen LogP contribution < -0.4 is 0 Å². The molecule has 0 unspecified atom stereocenters. The summed E-state index contributed by atoms with van der Waals surface area (Å²) >= 11 is 0. The molecule has 0 atom stereocenters. The van der Waals surface area contributed by atoms with Crippen LogP contribution >= 0.6 is 0 Å². The van der Waals surface area contributed by atoms with E-state index in [0.717, 1.165) is 117 Å². The zero-order valence-electron chi connectivity index (χ0n) is 79.6. The number of hydrogen-bond acceptors (Lipinski definition) is 14. The number of ketones is 4. The molecule has 14 nitrogen and oxygen atoms in total. The molecule has 4 N–H and O–H groups in total. The Labute approximate surface area is 860 Å². The van der Waals surface area contributed by atoms with Crippen LogP contribution in [0.1, 0.15) is 150 Å². The molecule has 0 aliphatic heterocycles. The Morgan fingerprint density at radius 2 is 0.634 bits per heavy atom. The van der Waals surface area contributed by atoms with Crippen molar-refractivity contribution in [2.24, 2.45) is 9.98 Å². The maximum atomic E-state index is 10.0. The predicted octanol–water partition coefficient (Wildman–Crippen LogP) is 28.5. The van der Waals surface area contributed by atoms with Gasteiger partial charge < -0.3 is 25.4 Å². The van der Waals surface area contributed by atoms with Gasteiger partial charge in [0.05, 0.1) is 51.0 Å². The fourth-order valence-corrected chi connectivity index (χ4v) is 13.6. The molecule has 15 rings (SSSR count). The largest absolute Gasteiger partial charge is 2.00 e. The second kappa shape index (κ2) is 59.1. The van der Waals surface area contributed by atoms with E-state index in [-0.39, 0.29) is 148 Å². The van der Waals surface area contributed by atoms with Gasteiger partial charge in [-0.25, -0.2) is 0 Å². The zero-order valence-corrected chi connectivity index (χ0v) is 91.5. The van der Waals surface area contributed by atoms with Crippen molar-refractivity contribution in [3.8, 4) is 45.0 Å². The Kier molecular flexibility index (Phi) is 52.2. The molecule has 0 saturated heterocycles. The summed E-state index contributed by atoms with van der Waals surface area (Å²) in [5, 5.41) is 39.5. The molecular weight excluding hydrogens is 2560 g/mol. The molecule has 0 bridgehead atoms. The third kappa shape index (κ3) is 41.4. The maximum Gasteiger partial charge on any atom is 2.00 e. The molecule has 0 aliphatic rings. The second-order valence-corrected chi connectivity index (χ2v) is 32.0. The van der Waals surface area contributed by atoms with E-state index in [9.17, 15) is 19.2 Å². The van der Waals surface area contributed by atoms with Crippen molar-refractivity contribution in [3.05, 3.63) is 417 Å². The molecule has 4 aromatic heterocycles. The number of aliphatic hydroxyl groups is 4. The number of aliphatic hydroxyl groups excluding tert-OH is 4. The molecule has 0 amide bonds. The molecule has 0 spiro atoms. The predicted molar refractivity (Wildman–Crippen MR) is 537 cm³/mol. The summed E-state index contributed by atoms with van der Waals surface area (Å²) < 4.78 is 0. The summed E-state index contributed by atoms with van der Waals surface area (Å²) in [6, 6.07) is 92.6. The van der Waals surface area contributed by atoms with Crippen molar-refractivity contribution < 1.29 is 141 Å². The van der Waals surface area contributed by atoms with E-state index >= 15 is 0 Å². The molecule has 0 saturated carbocycles. The first kappa shape index (κ1) is 118. The van der Waals surface area contributed by atoms with Crippen LogP contribution in [0.2, 0.25) is 0 Å². The number of aliphatic imine (C=N–C) groups is 2. The first-order valence-electron chi connectivity index (χ1n) is 42.2. The van der Waals surface area contributed by atoms with E-state index in [1.165, 1.54) is 157 Å². The minimum Gasteiger partial charge on any atom is -0.512 e. The van der Waals surface area contributed by atoms with Crippen LogP contribution in [0, 0.1) is 128 Å². The van der Waals surface area contributed by atoms with E-state index in [1.807, 2.05) is 91.4 Å². The molecule has 4 radical (unpaired) electrons. The number of nitrogens with zero attached hydrogens (tertiary/aromatic N) is 6. The molecule has 19 heteroatoms. The Bertz CT molecular complexity index is 6420. The van der Waals surface area contributed by atoms with Gasteiger partial charge in [-0.05, 0) is 206 Å². The average molecular weight is 2670 g/mol. The van der Waals surface area contributed by atoms with Crippen molar-refractivity contribution >= 4 is 90.4 Å². The number of rotatable bonds is 12. The first-order valence-corrected chi connectivity index (χ1v) is 42.2. The minimum absolute atomic E-state index is 0. The molecular formula is C115H116Ir4N6O8Pt-4. The molecule has 15 aromatic rings. The van der Waals surface area contributed by atoms with Gasteiger partial charge in [-0.1, -0.05) is 170 Å². The summed E-state index contributed by atoms with van der Waals surface area (Å²) in [7, 11) is 0. The van der Waals surface area contributed by atoms with Gasteiger partial charge >= 0.3 is 21.1 Å². The normalized spacial score (nSPS) is 10.7. The molecule has 0 fully saturated rings. The third-order valence-corrected chi connectivity index (χ3v) is 18.8. The number of fused-ring (bicyclic) bond motifs is 4. The number of benzene rings is 11. The van der Waals surface area contributed by atoms with E-state index in [1.54, 1.807) is 0 Å². The van der Waals surface area contributed by atoms with E-state index < -0.39 is 0 Å². The number of pyridine rings is 4. The Hall–Kier alpha value is -11.7. The number of allylic oxidation sites excluding steroid dienone is 8. The van der Waals surface area contributed by atoms with E-state index in [0.29, 0.717) is 0 Å². The molecule has 4 heterocycles. The molecule has 11 aromatic carbocycles. The van der Waals surface area contributed by atoms with Gasteiger partial charge in [0, 0.05) is 116 Å². The van der Waals surface area contributed by atoms with E-state index in [4.69, 9.17) is 35.4 Å². The van der Waals surface area contributed by atoms with Gasteiger partial charge in [0.25, 0.3) is 0 Å². The van der Waals surface area contributed by atoms with Gasteiger partial charge in [-0.3, -0.25) is 44.1 Å². The number of para-hydroxylation sites is 2. The van der Waals surface area contributed by atoms with Crippen LogP contribution in [0.3, 0.4) is 0 Å². The number of hydrogen-bond donors (Lipinski definition) is 4. The fourth-order valence-electron chi connectivity index (χ4n) is 13.6. The van der Waals surface area contributed by atoms with Crippen molar-refractivity contribution in [1.29, 1.82) is 0 Å². The van der Waals surface area contributed by atoms with Crippen molar-refractivity contribution in [1.82, 2.24) is 19.9 Å². The summed E-state index contributed by atoms with van der Waals surface area (Å²) in [6.07, 6.45) is 10.2. The summed E-state index contributed by atoms with van der Waals surface area (Å²) in [6.45, 7) is 46.7.